The predicted octanol–water partition coefficient (Wildman–Crippen LogP) is 15.8. The third-order valence-electron chi connectivity index (χ3n) is 12.3. The van der Waals surface area contributed by atoms with Crippen LogP contribution in [-0.4, -0.2) is 84.6 Å². The quantitative estimate of drug-likeness (QED) is 0.0207. The van der Waals surface area contributed by atoms with Crippen molar-refractivity contribution in [2.24, 2.45) is 0 Å². The molecule has 10 heteroatoms. The lowest BCUT2D eigenvalue weighted by molar-refractivity contribution is -0.870. The van der Waals surface area contributed by atoms with Gasteiger partial charge in [-0.3, -0.25) is 13.8 Å². The van der Waals surface area contributed by atoms with Crippen molar-refractivity contribution in [2.75, 3.05) is 40.9 Å². The minimum absolute atomic E-state index is 0.0103. The lowest BCUT2D eigenvalue weighted by Gasteiger charge is -2.28. The zero-order chi connectivity index (χ0) is 50.8. The maximum atomic E-state index is 13.0. The first-order chi connectivity index (χ1) is 33.4. The van der Waals surface area contributed by atoms with Crippen molar-refractivity contribution in [2.45, 2.75) is 244 Å². The molecule has 0 spiro atoms. The van der Waals surface area contributed by atoms with Gasteiger partial charge in [0.15, 0.2) is 0 Å². The van der Waals surface area contributed by atoms with E-state index in [1.807, 2.05) is 28.1 Å². The van der Waals surface area contributed by atoms with Gasteiger partial charge in [0.2, 0.25) is 5.91 Å². The number of aliphatic hydroxyl groups is 2. The van der Waals surface area contributed by atoms with Gasteiger partial charge >= 0.3 is 7.82 Å². The molecule has 400 valence electrons. The number of quaternary nitrogens is 1. The number of phosphoric ester groups is 1. The molecule has 1 amide bonds. The molecule has 0 fully saturated rings. The average Bonchev–Trinajstić information content (AvgIpc) is 3.31. The first kappa shape index (κ1) is 66.6. The number of phosphoric acid groups is 1. The number of hydrogen-bond acceptors (Lipinski definition) is 6. The van der Waals surface area contributed by atoms with Crippen molar-refractivity contribution in [1.82, 2.24) is 5.32 Å². The van der Waals surface area contributed by atoms with E-state index in [1.165, 1.54) is 109 Å². The van der Waals surface area contributed by atoms with Gasteiger partial charge in [-0.05, 0) is 96.8 Å². The van der Waals surface area contributed by atoms with E-state index in [9.17, 15) is 24.5 Å². The maximum Gasteiger partial charge on any atom is 0.472 e. The number of aliphatic hydroxyl groups excluding tert-OH is 2. The van der Waals surface area contributed by atoms with Crippen molar-refractivity contribution < 1.29 is 38.0 Å². The first-order valence-electron chi connectivity index (χ1n) is 28.0. The van der Waals surface area contributed by atoms with Crippen molar-refractivity contribution in [1.29, 1.82) is 0 Å². The molecule has 4 N–H and O–H groups in total. The number of nitrogens with zero attached hydrogens (tertiary/aromatic N) is 1. The van der Waals surface area contributed by atoms with Gasteiger partial charge in [0.25, 0.3) is 0 Å². The van der Waals surface area contributed by atoms with Crippen LogP contribution in [0.15, 0.2) is 85.1 Å². The van der Waals surface area contributed by atoms with Crippen LogP contribution < -0.4 is 5.32 Å². The highest BCUT2D eigenvalue weighted by Gasteiger charge is 2.31. The summed E-state index contributed by atoms with van der Waals surface area (Å²) in [6.45, 7) is 4.25. The molecule has 0 aromatic carbocycles. The van der Waals surface area contributed by atoms with Crippen LogP contribution in [0.25, 0.3) is 0 Å². The molecule has 0 aromatic rings. The summed E-state index contributed by atoms with van der Waals surface area (Å²) in [5.41, 5.74) is 0. The topological polar surface area (TPSA) is 125 Å². The lowest BCUT2D eigenvalue weighted by atomic mass is 10.0. The highest BCUT2D eigenvalue weighted by molar-refractivity contribution is 7.47. The maximum absolute atomic E-state index is 13.0. The van der Waals surface area contributed by atoms with Crippen LogP contribution in [0, 0.1) is 0 Å². The second-order valence-corrected chi connectivity index (χ2v) is 21.5. The molecule has 0 aliphatic carbocycles. The van der Waals surface area contributed by atoms with Crippen molar-refractivity contribution >= 4 is 13.7 Å². The van der Waals surface area contributed by atoms with Gasteiger partial charge in [0.05, 0.1) is 39.9 Å². The summed E-state index contributed by atoms with van der Waals surface area (Å²) in [4.78, 5) is 23.3. The molecule has 9 nitrogen and oxygen atoms in total. The van der Waals surface area contributed by atoms with Crippen molar-refractivity contribution in [3.63, 3.8) is 0 Å². The van der Waals surface area contributed by atoms with Crippen molar-refractivity contribution in [3.8, 4) is 0 Å². The number of unbranched alkanes of at least 4 members (excludes halogenated alkanes) is 23. The van der Waals surface area contributed by atoms with E-state index >= 15 is 0 Å². The molecule has 4 atom stereocenters. The molecular formula is C59H108N2O7P+. The number of nitrogens with one attached hydrogen (secondary N) is 1. The normalized spacial score (nSPS) is 15.1. The minimum atomic E-state index is -4.44. The molecule has 4 unspecified atom stereocenters. The van der Waals surface area contributed by atoms with Gasteiger partial charge in [-0.25, -0.2) is 4.57 Å². The van der Waals surface area contributed by atoms with Crippen molar-refractivity contribution in [3.05, 3.63) is 85.1 Å². The molecular weight excluding hydrogens is 880 g/mol. The van der Waals surface area contributed by atoms with Crippen LogP contribution >= 0.6 is 7.82 Å². The van der Waals surface area contributed by atoms with Crippen LogP contribution in [0.4, 0.5) is 0 Å². The summed E-state index contributed by atoms with van der Waals surface area (Å²) in [6, 6.07) is -1.06. The standard InChI is InChI=1S/C59H107N2O7P/c1-6-8-10-12-14-16-18-20-21-22-23-24-25-26-27-28-29-30-31-32-33-34-35-36-37-38-39-40-42-44-46-48-50-52-58(63)60-56(55-68-69(65,66)67-54-53-61(3,4)5)59(64)57(62)51-49-47-45-43-41-19-17-15-13-11-9-7-2/h7-10,14-17,20-21,23-24,43,45,56-57,59,62,64H,6,11-13,18-19,22,25-42,44,46-55H2,1-5H3,(H-,60,63,65,66)/p+1/b9-7+,10-8-,16-14-,17-15+,21-20-,24-23-,45-43+. The summed E-state index contributed by atoms with van der Waals surface area (Å²) in [7, 11) is 1.40. The van der Waals surface area contributed by atoms with Gasteiger partial charge in [0.1, 0.15) is 19.3 Å². The minimum Gasteiger partial charge on any atom is -0.390 e. The fourth-order valence-corrected chi connectivity index (χ4v) is 8.62. The zero-order valence-electron chi connectivity index (χ0n) is 45.1. The fraction of sp³-hybridized carbons (Fsp3) is 0.746. The predicted molar refractivity (Wildman–Crippen MR) is 296 cm³/mol. The third-order valence-corrected chi connectivity index (χ3v) is 13.3. The van der Waals surface area contributed by atoms with Gasteiger partial charge in [-0.2, -0.15) is 0 Å². The Labute approximate surface area is 425 Å². The SMILES string of the molecule is C/C=C/CC/C=C/CC/C=C/CCCC(O)C(O)C(COP(=O)(O)OCC[N+](C)(C)C)NC(=O)CCCCCCCCCCCCCCCCCCCCCC/C=C\C/C=C\C/C=C\C/C=C\CC. The summed E-state index contributed by atoms with van der Waals surface area (Å²) in [5.74, 6) is -0.275. The zero-order valence-corrected chi connectivity index (χ0v) is 46.0. The number of allylic oxidation sites excluding steroid dienone is 14. The molecule has 69 heavy (non-hydrogen) atoms. The number of carbonyl (C=O) groups excluding carboxylic acids is 1. The van der Waals surface area contributed by atoms with Crippen LogP contribution in [0.5, 0.6) is 0 Å². The highest BCUT2D eigenvalue weighted by Crippen LogP contribution is 2.43. The molecule has 0 rings (SSSR count). The van der Waals surface area contributed by atoms with Gasteiger partial charge in [0, 0.05) is 6.42 Å². The smallest absolute Gasteiger partial charge is 0.390 e. The molecule has 0 heterocycles. The Kier molecular flexibility index (Phi) is 47.5. The summed E-state index contributed by atoms with van der Waals surface area (Å²) in [5, 5.41) is 24.7. The highest BCUT2D eigenvalue weighted by atomic mass is 31.2. The molecule has 0 bridgehead atoms. The van der Waals surface area contributed by atoms with Gasteiger partial charge in [-0.1, -0.05) is 208 Å². The molecule has 0 aliphatic rings. The molecule has 0 saturated heterocycles. The number of carbonyl (C=O) groups is 1. The van der Waals surface area contributed by atoms with E-state index in [0.29, 0.717) is 23.9 Å². The molecule has 0 aliphatic heterocycles. The summed E-state index contributed by atoms with van der Waals surface area (Å²) < 4.78 is 23.6. The second-order valence-electron chi connectivity index (χ2n) is 20.1. The number of amides is 1. The van der Waals surface area contributed by atoms with Crippen LogP contribution in [-0.2, 0) is 18.4 Å². The Morgan fingerprint density at radius 3 is 1.39 bits per heavy atom. The fourth-order valence-electron chi connectivity index (χ4n) is 7.88. The van der Waals surface area contributed by atoms with Gasteiger partial charge in [-0.15, -0.1) is 0 Å². The van der Waals surface area contributed by atoms with E-state index in [2.05, 4.69) is 97.3 Å². The largest absolute Gasteiger partial charge is 0.472 e. The first-order valence-corrected chi connectivity index (χ1v) is 29.5. The molecule has 0 saturated carbocycles. The van der Waals surface area contributed by atoms with Crippen LogP contribution in [0.2, 0.25) is 0 Å². The average molecular weight is 988 g/mol. The van der Waals surface area contributed by atoms with E-state index in [1.54, 1.807) is 0 Å². The second kappa shape index (κ2) is 49.2. The lowest BCUT2D eigenvalue weighted by Crippen LogP contribution is -2.51. The Hall–Kier alpha value is -2.36. The Morgan fingerprint density at radius 1 is 0.536 bits per heavy atom. The van der Waals surface area contributed by atoms with Gasteiger partial charge < -0.3 is 24.9 Å². The third kappa shape index (κ3) is 50.4. The monoisotopic (exact) mass is 988 g/mol. The molecule has 0 aromatic heterocycles. The number of likely N-dealkylation sites (N-methyl/N-ethyl adjacent to an activating group) is 1. The summed E-state index contributed by atoms with van der Waals surface area (Å²) >= 11 is 0. The van der Waals surface area contributed by atoms with Crippen LogP contribution in [0.1, 0.15) is 226 Å². The Morgan fingerprint density at radius 2 is 0.928 bits per heavy atom. The molecule has 0 radical (unpaired) electrons. The number of rotatable bonds is 50. The van der Waals surface area contributed by atoms with E-state index in [-0.39, 0.29) is 18.9 Å². The number of hydrogen-bond donors (Lipinski definition) is 4. The van der Waals surface area contributed by atoms with E-state index in [0.717, 1.165) is 83.5 Å². The summed E-state index contributed by atoms with van der Waals surface area (Å²) in [6.07, 6.45) is 65.6. The Balaban J connectivity index is 4.10. The van der Waals surface area contributed by atoms with E-state index in [4.69, 9.17) is 9.05 Å². The van der Waals surface area contributed by atoms with Crippen LogP contribution in [0.3, 0.4) is 0 Å². The van der Waals surface area contributed by atoms with E-state index < -0.39 is 32.7 Å². The Bertz CT molecular complexity index is 1420.